The monoisotopic (exact) mass is 715 g/mol. The lowest BCUT2D eigenvalue weighted by molar-refractivity contribution is -0.161. The zero-order valence-corrected chi connectivity index (χ0v) is 29.6. The van der Waals surface area contributed by atoms with E-state index in [1.54, 1.807) is 20.9 Å². The summed E-state index contributed by atoms with van der Waals surface area (Å²) < 4.78 is 56.1. The van der Waals surface area contributed by atoms with Crippen LogP contribution in [0.3, 0.4) is 0 Å². The van der Waals surface area contributed by atoms with Crippen molar-refractivity contribution in [3.05, 3.63) is 128 Å². The lowest BCUT2D eigenvalue weighted by atomic mass is 9.79. The number of H-pyrrole nitrogens is 1. The Morgan fingerprint density at radius 1 is 0.961 bits per heavy atom. The van der Waals surface area contributed by atoms with Crippen LogP contribution in [0.15, 0.2) is 94.6 Å². The van der Waals surface area contributed by atoms with Crippen molar-refractivity contribution in [3.8, 4) is 17.6 Å². The Hall–Kier alpha value is -4.37. The van der Waals surface area contributed by atoms with Gasteiger partial charge in [-0.1, -0.05) is 54.6 Å². The highest BCUT2D eigenvalue weighted by atomic mass is 31.2. The molecule has 0 spiro atoms. The largest absolute Gasteiger partial charge is 0.497 e. The third-order valence-electron chi connectivity index (χ3n) is 10.3. The number of nitriles is 1. The van der Waals surface area contributed by atoms with Crippen molar-refractivity contribution < 1.29 is 32.4 Å². The minimum atomic E-state index is -1.84. The number of aromatic nitrogens is 2. The molecule has 2 saturated carbocycles. The van der Waals surface area contributed by atoms with Crippen LogP contribution in [0, 0.1) is 24.2 Å². The van der Waals surface area contributed by atoms with Gasteiger partial charge in [-0.05, 0) is 66.6 Å². The van der Waals surface area contributed by atoms with Crippen LogP contribution in [0.4, 0.5) is 4.39 Å². The normalized spacial score (nSPS) is 26.9. The van der Waals surface area contributed by atoms with E-state index in [-0.39, 0.29) is 30.9 Å². The molecular formula is C38H39FN3O8P. The number of rotatable bonds is 13. The molecule has 4 aromatic rings. The van der Waals surface area contributed by atoms with Gasteiger partial charge in [0.25, 0.3) is 5.56 Å². The molecule has 7 atom stereocenters. The number of fused-ring (bicyclic) bond motifs is 3. The van der Waals surface area contributed by atoms with Gasteiger partial charge in [-0.2, -0.15) is 5.26 Å². The molecule has 0 radical (unpaired) electrons. The van der Waals surface area contributed by atoms with Gasteiger partial charge in [0.2, 0.25) is 0 Å². The Kier molecular flexibility index (Phi) is 9.37. The van der Waals surface area contributed by atoms with E-state index in [2.05, 4.69) is 4.98 Å². The second kappa shape index (κ2) is 13.6. The molecule has 11 nitrogen and oxygen atoms in total. The van der Waals surface area contributed by atoms with E-state index in [9.17, 15) is 9.59 Å². The van der Waals surface area contributed by atoms with Crippen LogP contribution in [-0.2, 0) is 24.1 Å². The number of aromatic amines is 1. The number of hydrogen-bond donors (Lipinski definition) is 1. The second-order valence-electron chi connectivity index (χ2n) is 13.2. The molecule has 51 heavy (non-hydrogen) atoms. The molecule has 1 saturated heterocycles. The minimum Gasteiger partial charge on any atom is -0.497 e. The van der Waals surface area contributed by atoms with Gasteiger partial charge >= 0.3 is 5.69 Å². The van der Waals surface area contributed by atoms with E-state index in [1.165, 1.54) is 13.1 Å². The molecule has 3 aromatic carbocycles. The topological polar surface area (TPSA) is 134 Å². The molecule has 266 valence electrons. The molecule has 1 aromatic heterocycles. The average Bonchev–Trinajstić information content (AvgIpc) is 3.66. The number of methoxy groups -OCH3 is 2. The fraction of sp³-hybridized carbons (Fsp3) is 0.395. The second-order valence-corrected chi connectivity index (χ2v) is 14.5. The van der Waals surface area contributed by atoms with Crippen molar-refractivity contribution in [2.75, 3.05) is 27.5 Å². The molecule has 3 aliphatic rings. The van der Waals surface area contributed by atoms with Crippen LogP contribution in [-0.4, -0.2) is 60.5 Å². The van der Waals surface area contributed by atoms with Crippen LogP contribution in [0.2, 0.25) is 0 Å². The first-order valence-corrected chi connectivity index (χ1v) is 18.3. The van der Waals surface area contributed by atoms with E-state index in [0.717, 1.165) is 21.3 Å². The number of nitrogens with zero attached hydrogens (tertiary/aromatic N) is 2. The number of halogens is 1. The van der Waals surface area contributed by atoms with Crippen LogP contribution < -0.4 is 20.7 Å². The highest BCUT2D eigenvalue weighted by Crippen LogP contribution is 2.72. The van der Waals surface area contributed by atoms with Crippen molar-refractivity contribution in [3.63, 3.8) is 0 Å². The summed E-state index contributed by atoms with van der Waals surface area (Å²) in [6.07, 6.45) is -2.01. The standard InChI is InChI=1S/C38H39FN3O8P/c1-24-23-42(35(44)41-32(24)43)33-31(39)37(50-51(4)47-20-8-19-40)22-28-21-36(28,34(37)48-33)49-38(25-9-6-5-7-10-25,26-11-15-29(45-2)16-12-26)27-13-17-30(46-3)18-14-27/h5-7,9-18,23,28,31,33-34H,8,20-22H2,1-4H3,(H,41,43,44)/t28-,31+,33+,34+,36+,37-,51?/m0/s1. The Balaban J connectivity index is 1.38. The van der Waals surface area contributed by atoms with Crippen molar-refractivity contribution in [1.29, 1.82) is 5.26 Å². The third-order valence-corrected chi connectivity index (χ3v) is 11.4. The Morgan fingerprint density at radius 3 is 2.14 bits per heavy atom. The Labute approximate surface area is 295 Å². The van der Waals surface area contributed by atoms with Crippen LogP contribution in [0.5, 0.6) is 11.5 Å². The summed E-state index contributed by atoms with van der Waals surface area (Å²) in [6.45, 7) is 3.38. The number of alkyl halides is 1. The quantitative estimate of drug-likeness (QED) is 0.102. The summed E-state index contributed by atoms with van der Waals surface area (Å²) >= 11 is 0. The van der Waals surface area contributed by atoms with Gasteiger partial charge < -0.3 is 28.0 Å². The summed E-state index contributed by atoms with van der Waals surface area (Å²) in [5, 5.41) is 9.07. The molecule has 0 amide bonds. The van der Waals surface area contributed by atoms with Crippen LogP contribution in [0.25, 0.3) is 0 Å². The molecular weight excluding hydrogens is 676 g/mol. The number of nitrogens with one attached hydrogen (secondary N) is 1. The summed E-state index contributed by atoms with van der Waals surface area (Å²) in [4.78, 5) is 27.7. The first-order chi connectivity index (χ1) is 24.6. The van der Waals surface area contributed by atoms with E-state index in [4.69, 9.17) is 33.3 Å². The maximum Gasteiger partial charge on any atom is 0.330 e. The summed E-state index contributed by atoms with van der Waals surface area (Å²) in [7, 11) is 1.54. The van der Waals surface area contributed by atoms with E-state index in [0.29, 0.717) is 17.9 Å². The molecule has 1 aliphatic heterocycles. The molecule has 2 aliphatic carbocycles. The lowest BCUT2D eigenvalue weighted by Crippen LogP contribution is -2.52. The predicted molar refractivity (Wildman–Crippen MR) is 187 cm³/mol. The maximum absolute atomic E-state index is 17.3. The highest BCUT2D eigenvalue weighted by molar-refractivity contribution is 7.46. The molecule has 0 bridgehead atoms. The molecule has 3 fully saturated rings. The van der Waals surface area contributed by atoms with Crippen LogP contribution >= 0.6 is 8.38 Å². The number of ether oxygens (including phenoxy) is 4. The Bertz CT molecular complexity index is 1990. The van der Waals surface area contributed by atoms with E-state index < -0.39 is 54.9 Å². The SMILES string of the molecule is COc1ccc(C(O[C@]23C[C@H]2C[C@@]2(OP(C)OCCC#N)[C@@H]3O[C@@H](n3cc(C)c(=O)[nH]c3=O)[C@H]2F)(c2ccccc2)c2ccc(OC)cc2)cc1. The predicted octanol–water partition coefficient (Wildman–Crippen LogP) is 5.90. The Morgan fingerprint density at radius 2 is 1.55 bits per heavy atom. The molecule has 13 heteroatoms. The fourth-order valence-electron chi connectivity index (χ4n) is 7.80. The fourth-order valence-corrected chi connectivity index (χ4v) is 8.95. The zero-order valence-electron chi connectivity index (χ0n) is 28.7. The number of aryl methyl sites for hydroxylation is 1. The van der Waals surface area contributed by atoms with Gasteiger partial charge in [0, 0.05) is 18.4 Å². The average molecular weight is 716 g/mol. The first-order valence-electron chi connectivity index (χ1n) is 16.7. The number of benzene rings is 3. The first kappa shape index (κ1) is 35.1. The van der Waals surface area contributed by atoms with Crippen molar-refractivity contribution in [2.45, 2.75) is 61.5 Å². The van der Waals surface area contributed by atoms with Crippen molar-refractivity contribution in [2.24, 2.45) is 5.92 Å². The highest BCUT2D eigenvalue weighted by Gasteiger charge is 2.82. The molecule has 7 rings (SSSR count). The smallest absolute Gasteiger partial charge is 0.330 e. The lowest BCUT2D eigenvalue weighted by Gasteiger charge is -2.42. The third kappa shape index (κ3) is 5.87. The summed E-state index contributed by atoms with van der Waals surface area (Å²) in [5.41, 5.74) is -2.57. The number of hydrogen-bond acceptors (Lipinski definition) is 9. The maximum atomic E-state index is 17.3. The van der Waals surface area contributed by atoms with Crippen molar-refractivity contribution in [1.82, 2.24) is 9.55 Å². The van der Waals surface area contributed by atoms with E-state index >= 15 is 4.39 Å². The molecule has 1 N–H and O–H groups in total. The van der Waals surface area contributed by atoms with E-state index in [1.807, 2.05) is 84.9 Å². The van der Waals surface area contributed by atoms with Gasteiger partial charge in [-0.15, -0.1) is 0 Å². The molecule has 1 unspecified atom stereocenters. The van der Waals surface area contributed by atoms with Crippen molar-refractivity contribution >= 4 is 8.38 Å². The van der Waals surface area contributed by atoms with Gasteiger partial charge in [0.15, 0.2) is 20.8 Å². The van der Waals surface area contributed by atoms with Gasteiger partial charge in [-0.3, -0.25) is 14.3 Å². The zero-order chi connectivity index (χ0) is 36.0. The molecule has 2 heterocycles. The summed E-state index contributed by atoms with van der Waals surface area (Å²) in [5.74, 6) is 1.17. The minimum absolute atomic E-state index is 0.121. The van der Waals surface area contributed by atoms with Crippen LogP contribution in [0.1, 0.15) is 47.7 Å². The van der Waals surface area contributed by atoms with Gasteiger partial charge in [0.05, 0.1) is 33.3 Å². The van der Waals surface area contributed by atoms with Gasteiger partial charge in [-0.25, -0.2) is 9.18 Å². The van der Waals surface area contributed by atoms with Gasteiger partial charge in [0.1, 0.15) is 34.4 Å². The summed E-state index contributed by atoms with van der Waals surface area (Å²) in [6, 6.07) is 27.2.